The van der Waals surface area contributed by atoms with Crippen LogP contribution in [0.25, 0.3) is 0 Å². The van der Waals surface area contributed by atoms with E-state index in [1.807, 2.05) is 18.2 Å². The van der Waals surface area contributed by atoms with Gasteiger partial charge in [-0.05, 0) is 41.7 Å². The second-order valence-electron chi connectivity index (χ2n) is 5.46. The fraction of sp³-hybridized carbons (Fsp3) is 0.263. The molecule has 2 rings (SSSR count). The number of carbonyl (C=O) groups excluding carboxylic acids is 1. The molecule has 0 bridgehead atoms. The van der Waals surface area contributed by atoms with Gasteiger partial charge in [0.05, 0.1) is 12.0 Å². The number of rotatable bonds is 7. The van der Waals surface area contributed by atoms with Crippen LogP contribution in [-0.4, -0.2) is 23.5 Å². The van der Waals surface area contributed by atoms with Gasteiger partial charge in [-0.25, -0.2) is 4.79 Å². The molecule has 2 N–H and O–H groups in total. The van der Waals surface area contributed by atoms with Crippen molar-refractivity contribution >= 4 is 11.9 Å². The molecule has 23 heavy (non-hydrogen) atoms. The van der Waals surface area contributed by atoms with E-state index in [0.717, 1.165) is 17.5 Å². The van der Waals surface area contributed by atoms with E-state index in [0.29, 0.717) is 19.4 Å². The van der Waals surface area contributed by atoms with Crippen molar-refractivity contribution in [2.75, 3.05) is 6.54 Å². The molecule has 4 heteroatoms. The fourth-order valence-electron chi connectivity index (χ4n) is 2.41. The average molecular weight is 311 g/mol. The van der Waals surface area contributed by atoms with Crippen LogP contribution < -0.4 is 5.32 Å². The van der Waals surface area contributed by atoms with E-state index in [2.05, 4.69) is 24.4 Å². The summed E-state index contributed by atoms with van der Waals surface area (Å²) in [6.45, 7) is 2.58. The molecule has 0 heterocycles. The number of nitrogens with one attached hydrogen (secondary N) is 1. The lowest BCUT2D eigenvalue weighted by Crippen LogP contribution is -2.27. The number of carboxylic acid groups (broad SMARTS) is 1. The Kier molecular flexibility index (Phi) is 5.92. The number of carboxylic acids is 1. The zero-order valence-corrected chi connectivity index (χ0v) is 13.2. The van der Waals surface area contributed by atoms with Gasteiger partial charge in [0.15, 0.2) is 0 Å². The molecule has 0 saturated heterocycles. The van der Waals surface area contributed by atoms with Crippen molar-refractivity contribution < 1.29 is 14.7 Å². The Labute approximate surface area is 136 Å². The van der Waals surface area contributed by atoms with Crippen LogP contribution in [0.3, 0.4) is 0 Å². The molecule has 120 valence electrons. The molecule has 0 unspecified atom stereocenters. The van der Waals surface area contributed by atoms with Crippen LogP contribution in [0.2, 0.25) is 0 Å². The molecule has 2 aromatic carbocycles. The standard InChI is InChI=1S/C19H21NO3/c1-2-14-5-3-7-16(11-14)13-18(21)20-10-9-15-6-4-8-17(12-15)19(22)23/h3-8,11-12H,2,9-10,13H2,1H3,(H,20,21)(H,22,23). The first-order valence-electron chi connectivity index (χ1n) is 7.75. The molecule has 0 aliphatic rings. The van der Waals surface area contributed by atoms with Gasteiger partial charge in [-0.1, -0.05) is 43.3 Å². The Morgan fingerprint density at radius 2 is 1.70 bits per heavy atom. The highest BCUT2D eigenvalue weighted by molar-refractivity contribution is 5.87. The summed E-state index contributed by atoms with van der Waals surface area (Å²) in [5.74, 6) is -0.959. The molecule has 0 aliphatic heterocycles. The van der Waals surface area contributed by atoms with E-state index in [1.165, 1.54) is 5.56 Å². The van der Waals surface area contributed by atoms with Crippen LogP contribution in [0.15, 0.2) is 48.5 Å². The molecule has 0 radical (unpaired) electrons. The monoisotopic (exact) mass is 311 g/mol. The SMILES string of the molecule is CCc1cccc(CC(=O)NCCc2cccc(C(=O)O)c2)c1. The number of carbonyl (C=O) groups is 2. The fourth-order valence-corrected chi connectivity index (χ4v) is 2.41. The van der Waals surface area contributed by atoms with Crippen molar-refractivity contribution in [1.82, 2.24) is 5.32 Å². The summed E-state index contributed by atoms with van der Waals surface area (Å²) in [6, 6.07) is 14.8. The van der Waals surface area contributed by atoms with E-state index < -0.39 is 5.97 Å². The Bertz CT molecular complexity index is 695. The molecule has 1 amide bonds. The van der Waals surface area contributed by atoms with E-state index in [9.17, 15) is 9.59 Å². The van der Waals surface area contributed by atoms with Gasteiger partial charge in [-0.15, -0.1) is 0 Å². The smallest absolute Gasteiger partial charge is 0.335 e. The van der Waals surface area contributed by atoms with Gasteiger partial charge in [-0.2, -0.15) is 0 Å². The molecular formula is C19H21NO3. The van der Waals surface area contributed by atoms with Gasteiger partial charge >= 0.3 is 5.97 Å². The highest BCUT2D eigenvalue weighted by Gasteiger charge is 2.05. The molecule has 0 fully saturated rings. The van der Waals surface area contributed by atoms with Crippen molar-refractivity contribution in [2.45, 2.75) is 26.2 Å². The number of benzene rings is 2. The lowest BCUT2D eigenvalue weighted by Gasteiger charge is -2.07. The summed E-state index contributed by atoms with van der Waals surface area (Å²) < 4.78 is 0. The van der Waals surface area contributed by atoms with Gasteiger partial charge in [0.1, 0.15) is 0 Å². The molecule has 0 aromatic heterocycles. The van der Waals surface area contributed by atoms with Crippen LogP contribution >= 0.6 is 0 Å². The van der Waals surface area contributed by atoms with E-state index in [1.54, 1.807) is 18.2 Å². The first-order chi connectivity index (χ1) is 11.1. The summed E-state index contributed by atoms with van der Waals surface area (Å²) in [5.41, 5.74) is 3.40. The van der Waals surface area contributed by atoms with Crippen LogP contribution in [0, 0.1) is 0 Å². The zero-order valence-electron chi connectivity index (χ0n) is 13.2. The molecular weight excluding hydrogens is 290 g/mol. The summed E-state index contributed by atoms with van der Waals surface area (Å²) in [4.78, 5) is 22.9. The zero-order chi connectivity index (χ0) is 16.7. The van der Waals surface area contributed by atoms with Crippen LogP contribution in [-0.2, 0) is 24.1 Å². The Balaban J connectivity index is 1.82. The third kappa shape index (κ3) is 5.25. The molecule has 0 spiro atoms. The minimum absolute atomic E-state index is 0.0207. The predicted octanol–water partition coefficient (Wildman–Crippen LogP) is 2.85. The molecule has 0 aliphatic carbocycles. The van der Waals surface area contributed by atoms with Crippen molar-refractivity contribution in [3.8, 4) is 0 Å². The predicted molar refractivity (Wildman–Crippen MR) is 89.6 cm³/mol. The first kappa shape index (κ1) is 16.7. The summed E-state index contributed by atoms with van der Waals surface area (Å²) in [7, 11) is 0. The Morgan fingerprint density at radius 1 is 1.00 bits per heavy atom. The van der Waals surface area contributed by atoms with Gasteiger partial charge in [-0.3, -0.25) is 4.79 Å². The van der Waals surface area contributed by atoms with E-state index >= 15 is 0 Å². The van der Waals surface area contributed by atoms with Gasteiger partial charge in [0.2, 0.25) is 5.91 Å². The second kappa shape index (κ2) is 8.13. The molecule has 2 aromatic rings. The highest BCUT2D eigenvalue weighted by atomic mass is 16.4. The maximum Gasteiger partial charge on any atom is 0.335 e. The Morgan fingerprint density at radius 3 is 2.43 bits per heavy atom. The minimum Gasteiger partial charge on any atom is -0.478 e. The van der Waals surface area contributed by atoms with Crippen LogP contribution in [0.1, 0.15) is 34.0 Å². The lowest BCUT2D eigenvalue weighted by molar-refractivity contribution is -0.120. The highest BCUT2D eigenvalue weighted by Crippen LogP contribution is 2.07. The maximum absolute atomic E-state index is 12.0. The number of hydrogen-bond donors (Lipinski definition) is 2. The topological polar surface area (TPSA) is 66.4 Å². The van der Waals surface area contributed by atoms with E-state index in [4.69, 9.17) is 5.11 Å². The summed E-state index contributed by atoms with van der Waals surface area (Å²) in [5, 5.41) is 11.8. The van der Waals surface area contributed by atoms with Crippen LogP contribution in [0.5, 0.6) is 0 Å². The molecule has 0 atom stereocenters. The third-order valence-corrected chi connectivity index (χ3v) is 3.67. The van der Waals surface area contributed by atoms with Gasteiger partial charge in [0.25, 0.3) is 0 Å². The first-order valence-corrected chi connectivity index (χ1v) is 7.75. The number of hydrogen-bond acceptors (Lipinski definition) is 2. The minimum atomic E-state index is -0.938. The van der Waals surface area contributed by atoms with Crippen molar-refractivity contribution in [1.29, 1.82) is 0 Å². The number of aromatic carboxylic acids is 1. The average Bonchev–Trinajstić information content (AvgIpc) is 2.55. The van der Waals surface area contributed by atoms with E-state index in [-0.39, 0.29) is 11.5 Å². The van der Waals surface area contributed by atoms with Crippen LogP contribution in [0.4, 0.5) is 0 Å². The van der Waals surface area contributed by atoms with Crippen molar-refractivity contribution in [2.24, 2.45) is 0 Å². The third-order valence-electron chi connectivity index (χ3n) is 3.67. The largest absolute Gasteiger partial charge is 0.478 e. The van der Waals surface area contributed by atoms with Gasteiger partial charge in [0, 0.05) is 6.54 Å². The quantitative estimate of drug-likeness (QED) is 0.826. The number of amides is 1. The summed E-state index contributed by atoms with van der Waals surface area (Å²) >= 11 is 0. The summed E-state index contributed by atoms with van der Waals surface area (Å²) in [6.07, 6.45) is 1.93. The molecule has 0 saturated carbocycles. The lowest BCUT2D eigenvalue weighted by atomic mass is 10.1. The molecule has 4 nitrogen and oxygen atoms in total. The van der Waals surface area contributed by atoms with Gasteiger partial charge < -0.3 is 10.4 Å². The maximum atomic E-state index is 12.0. The normalized spacial score (nSPS) is 10.3. The Hall–Kier alpha value is -2.62. The number of aryl methyl sites for hydroxylation is 1. The van der Waals surface area contributed by atoms with Crippen molar-refractivity contribution in [3.63, 3.8) is 0 Å². The second-order valence-corrected chi connectivity index (χ2v) is 5.46. The van der Waals surface area contributed by atoms with Crippen molar-refractivity contribution in [3.05, 3.63) is 70.8 Å².